The molecule has 0 bridgehead atoms. The van der Waals surface area contributed by atoms with Gasteiger partial charge in [0.25, 0.3) is 0 Å². The summed E-state index contributed by atoms with van der Waals surface area (Å²) in [5.74, 6) is 4.74. The van der Waals surface area contributed by atoms with E-state index in [2.05, 4.69) is 20.7 Å². The van der Waals surface area contributed by atoms with Gasteiger partial charge in [-0.3, -0.25) is 5.43 Å². The zero-order chi connectivity index (χ0) is 10.9. The summed E-state index contributed by atoms with van der Waals surface area (Å²) in [5.41, 5.74) is 1.81. The van der Waals surface area contributed by atoms with Crippen molar-refractivity contribution in [3.8, 4) is 0 Å². The second kappa shape index (κ2) is 3.59. The molecular weight excluding hydrogens is 201 g/mol. The van der Waals surface area contributed by atoms with Gasteiger partial charge in [-0.25, -0.2) is 15.2 Å². The lowest BCUT2D eigenvalue weighted by Gasteiger charge is -2.15. The standard InChI is InChI=1S/C8H12FN5O/c9-5-3-11-7(14-10)12-6(5)13-8(4-15)1-2-8/h3,15H,1-2,4,10H2,(H2,11,12,13,14). The molecule has 15 heavy (non-hydrogen) atoms. The Hall–Kier alpha value is -1.47. The molecule has 0 atom stereocenters. The van der Waals surface area contributed by atoms with E-state index in [9.17, 15) is 4.39 Å². The molecule has 1 heterocycles. The third-order valence-electron chi connectivity index (χ3n) is 2.41. The number of aliphatic hydroxyl groups excluding tert-OH is 1. The van der Waals surface area contributed by atoms with Crippen LogP contribution in [0.1, 0.15) is 12.8 Å². The second-order valence-electron chi connectivity index (χ2n) is 3.60. The summed E-state index contributed by atoms with van der Waals surface area (Å²) in [6, 6.07) is 0. The van der Waals surface area contributed by atoms with Gasteiger partial charge in [-0.15, -0.1) is 0 Å². The first kappa shape index (κ1) is 10.1. The summed E-state index contributed by atoms with van der Waals surface area (Å²) in [6.07, 6.45) is 2.63. The third-order valence-corrected chi connectivity index (χ3v) is 2.41. The molecule has 7 heteroatoms. The van der Waals surface area contributed by atoms with Crippen LogP contribution in [0.3, 0.4) is 0 Å². The highest BCUT2D eigenvalue weighted by atomic mass is 19.1. The Morgan fingerprint density at radius 1 is 1.60 bits per heavy atom. The van der Waals surface area contributed by atoms with E-state index in [0.29, 0.717) is 0 Å². The van der Waals surface area contributed by atoms with Gasteiger partial charge >= 0.3 is 0 Å². The number of nitrogens with one attached hydrogen (secondary N) is 2. The number of hydrogen-bond donors (Lipinski definition) is 4. The van der Waals surface area contributed by atoms with Crippen LogP contribution in [-0.4, -0.2) is 27.2 Å². The van der Waals surface area contributed by atoms with Crippen molar-refractivity contribution in [3.63, 3.8) is 0 Å². The Kier molecular flexibility index (Phi) is 2.41. The van der Waals surface area contributed by atoms with Crippen molar-refractivity contribution in [1.82, 2.24) is 9.97 Å². The van der Waals surface area contributed by atoms with Crippen molar-refractivity contribution in [2.24, 2.45) is 5.84 Å². The van der Waals surface area contributed by atoms with E-state index >= 15 is 0 Å². The number of hydrogen-bond acceptors (Lipinski definition) is 6. The fourth-order valence-corrected chi connectivity index (χ4v) is 1.25. The molecule has 82 valence electrons. The van der Waals surface area contributed by atoms with Crippen LogP contribution in [0.5, 0.6) is 0 Å². The molecule has 0 spiro atoms. The Bertz CT molecular complexity index is 368. The molecule has 1 aliphatic carbocycles. The van der Waals surface area contributed by atoms with Gasteiger partial charge in [0.2, 0.25) is 5.95 Å². The van der Waals surface area contributed by atoms with Crippen molar-refractivity contribution in [3.05, 3.63) is 12.0 Å². The molecule has 0 amide bonds. The summed E-state index contributed by atoms with van der Waals surface area (Å²) in [5, 5.41) is 11.9. The van der Waals surface area contributed by atoms with Crippen molar-refractivity contribution in [2.75, 3.05) is 17.3 Å². The van der Waals surface area contributed by atoms with Gasteiger partial charge in [-0.1, -0.05) is 0 Å². The van der Waals surface area contributed by atoms with Crippen LogP contribution >= 0.6 is 0 Å². The van der Waals surface area contributed by atoms with Crippen molar-refractivity contribution < 1.29 is 9.50 Å². The van der Waals surface area contributed by atoms with Crippen LogP contribution in [0.15, 0.2) is 6.20 Å². The number of hydrazine groups is 1. The Morgan fingerprint density at radius 2 is 2.33 bits per heavy atom. The summed E-state index contributed by atoms with van der Waals surface area (Å²) >= 11 is 0. The molecule has 5 N–H and O–H groups in total. The van der Waals surface area contributed by atoms with E-state index in [-0.39, 0.29) is 18.4 Å². The smallest absolute Gasteiger partial charge is 0.239 e. The van der Waals surface area contributed by atoms with E-state index in [1.165, 1.54) is 0 Å². The van der Waals surface area contributed by atoms with Gasteiger partial charge in [-0.2, -0.15) is 4.98 Å². The normalized spacial score (nSPS) is 17.3. The average Bonchev–Trinajstić information content (AvgIpc) is 3.02. The van der Waals surface area contributed by atoms with Crippen LogP contribution < -0.4 is 16.6 Å². The maximum Gasteiger partial charge on any atom is 0.239 e. The minimum atomic E-state index is -0.561. The lowest BCUT2D eigenvalue weighted by Crippen LogP contribution is -2.27. The fraction of sp³-hybridized carbons (Fsp3) is 0.500. The molecular formula is C8H12FN5O. The van der Waals surface area contributed by atoms with Crippen LogP contribution in [0.4, 0.5) is 16.2 Å². The monoisotopic (exact) mass is 213 g/mol. The van der Waals surface area contributed by atoms with Crippen LogP contribution in [0, 0.1) is 5.82 Å². The van der Waals surface area contributed by atoms with Crippen molar-refractivity contribution >= 4 is 11.8 Å². The molecule has 0 unspecified atom stereocenters. The molecule has 1 aromatic rings. The number of nitrogens with zero attached hydrogens (tertiary/aromatic N) is 2. The predicted molar refractivity (Wildman–Crippen MR) is 52.5 cm³/mol. The van der Waals surface area contributed by atoms with Crippen LogP contribution in [-0.2, 0) is 0 Å². The number of aliphatic hydroxyl groups is 1. The van der Waals surface area contributed by atoms with Crippen LogP contribution in [0.2, 0.25) is 0 Å². The number of anilines is 2. The highest BCUT2D eigenvalue weighted by Gasteiger charge is 2.42. The van der Waals surface area contributed by atoms with Gasteiger partial charge in [0.1, 0.15) is 0 Å². The van der Waals surface area contributed by atoms with Crippen molar-refractivity contribution in [1.29, 1.82) is 0 Å². The van der Waals surface area contributed by atoms with Gasteiger partial charge in [0.05, 0.1) is 18.3 Å². The summed E-state index contributed by atoms with van der Waals surface area (Å²) in [7, 11) is 0. The number of halogens is 1. The summed E-state index contributed by atoms with van der Waals surface area (Å²) in [4.78, 5) is 7.43. The fourth-order valence-electron chi connectivity index (χ4n) is 1.25. The first-order valence-corrected chi connectivity index (χ1v) is 4.57. The van der Waals surface area contributed by atoms with E-state index in [0.717, 1.165) is 19.0 Å². The lowest BCUT2D eigenvalue weighted by atomic mass is 10.3. The number of nitrogen functional groups attached to an aromatic ring is 1. The molecule has 0 radical (unpaired) electrons. The first-order chi connectivity index (χ1) is 7.19. The lowest BCUT2D eigenvalue weighted by molar-refractivity contribution is 0.265. The summed E-state index contributed by atoms with van der Waals surface area (Å²) in [6.45, 7) is -0.0399. The van der Waals surface area contributed by atoms with Crippen LogP contribution in [0.25, 0.3) is 0 Å². The van der Waals surface area contributed by atoms with Gasteiger partial charge in [0.15, 0.2) is 11.6 Å². The molecule has 2 rings (SSSR count). The molecule has 1 aromatic heterocycles. The Balaban J connectivity index is 2.19. The maximum absolute atomic E-state index is 13.3. The largest absolute Gasteiger partial charge is 0.394 e. The zero-order valence-corrected chi connectivity index (χ0v) is 8.00. The molecule has 6 nitrogen and oxygen atoms in total. The molecule has 0 aliphatic heterocycles. The Morgan fingerprint density at radius 3 is 2.87 bits per heavy atom. The van der Waals surface area contributed by atoms with Gasteiger partial charge in [0, 0.05) is 0 Å². The topological polar surface area (TPSA) is 96.1 Å². The SMILES string of the molecule is NNc1ncc(F)c(NC2(CO)CC2)n1. The number of rotatable bonds is 4. The van der Waals surface area contributed by atoms with E-state index < -0.39 is 11.4 Å². The van der Waals surface area contributed by atoms with E-state index in [1.54, 1.807) is 0 Å². The highest BCUT2D eigenvalue weighted by Crippen LogP contribution is 2.38. The van der Waals surface area contributed by atoms with Gasteiger partial charge in [-0.05, 0) is 12.8 Å². The second-order valence-corrected chi connectivity index (χ2v) is 3.60. The number of aromatic nitrogens is 2. The molecule has 0 saturated heterocycles. The highest BCUT2D eigenvalue weighted by molar-refractivity contribution is 5.44. The number of nitrogens with two attached hydrogens (primary N) is 1. The van der Waals surface area contributed by atoms with Crippen molar-refractivity contribution in [2.45, 2.75) is 18.4 Å². The minimum absolute atomic E-state index is 0.0399. The molecule has 0 aromatic carbocycles. The quantitative estimate of drug-likeness (QED) is 0.410. The molecule has 1 fully saturated rings. The third kappa shape index (κ3) is 1.97. The predicted octanol–water partition coefficient (Wildman–Crippen LogP) is -0.162. The average molecular weight is 213 g/mol. The summed E-state index contributed by atoms with van der Waals surface area (Å²) < 4.78 is 13.3. The first-order valence-electron chi connectivity index (χ1n) is 4.57. The Labute approximate surface area is 85.7 Å². The zero-order valence-electron chi connectivity index (χ0n) is 8.00. The maximum atomic E-state index is 13.3. The van der Waals surface area contributed by atoms with E-state index in [1.807, 2.05) is 0 Å². The minimum Gasteiger partial charge on any atom is -0.394 e. The molecule has 1 saturated carbocycles. The van der Waals surface area contributed by atoms with Gasteiger partial charge < -0.3 is 10.4 Å². The molecule has 1 aliphatic rings. The van der Waals surface area contributed by atoms with E-state index in [4.69, 9.17) is 10.9 Å².